The van der Waals surface area contributed by atoms with Crippen LogP contribution in [0.2, 0.25) is 0 Å². The number of morpholine rings is 1. The molecular formula is C17H29N5O2. The fourth-order valence-electron chi connectivity index (χ4n) is 3.81. The van der Waals surface area contributed by atoms with Crippen molar-refractivity contribution in [3.05, 3.63) is 11.4 Å². The number of carbonyl (C=O) groups excluding carboxylic acids is 1. The molecule has 2 aliphatic rings. The summed E-state index contributed by atoms with van der Waals surface area (Å²) in [5.74, 6) is 0.223. The second-order valence-corrected chi connectivity index (χ2v) is 7.10. The Morgan fingerprint density at radius 1 is 1.17 bits per heavy atom. The zero-order chi connectivity index (χ0) is 17.3. The third-order valence-corrected chi connectivity index (χ3v) is 4.91. The third-order valence-electron chi connectivity index (χ3n) is 4.91. The summed E-state index contributed by atoms with van der Waals surface area (Å²) in [6.07, 6.45) is 0.253. The molecule has 1 N–H and O–H groups in total. The lowest BCUT2D eigenvalue weighted by molar-refractivity contribution is -0.144. The summed E-state index contributed by atoms with van der Waals surface area (Å²) in [7, 11) is 0. The topological polar surface area (TPSA) is 64.7 Å². The first-order valence-electron chi connectivity index (χ1n) is 8.86. The van der Waals surface area contributed by atoms with E-state index < -0.39 is 0 Å². The molecule has 3 rings (SSSR count). The second-order valence-electron chi connectivity index (χ2n) is 7.10. The van der Waals surface area contributed by atoms with E-state index in [-0.39, 0.29) is 18.1 Å². The monoisotopic (exact) mass is 335 g/mol. The molecule has 2 fully saturated rings. The Kier molecular flexibility index (Phi) is 5.10. The summed E-state index contributed by atoms with van der Waals surface area (Å²) in [6.45, 7) is 13.8. The fourth-order valence-corrected chi connectivity index (χ4v) is 3.81. The largest absolute Gasteiger partial charge is 0.372 e. The van der Waals surface area contributed by atoms with E-state index in [0.29, 0.717) is 19.6 Å². The first-order chi connectivity index (χ1) is 11.4. The molecule has 2 unspecified atom stereocenters. The first kappa shape index (κ1) is 17.2. The van der Waals surface area contributed by atoms with Gasteiger partial charge in [-0.3, -0.25) is 14.8 Å². The van der Waals surface area contributed by atoms with Crippen molar-refractivity contribution >= 4 is 11.6 Å². The van der Waals surface area contributed by atoms with Gasteiger partial charge < -0.3 is 14.5 Å². The van der Waals surface area contributed by atoms with Crippen LogP contribution in [0, 0.1) is 13.8 Å². The van der Waals surface area contributed by atoms with Gasteiger partial charge in [-0.15, -0.1) is 0 Å². The average Bonchev–Trinajstić information content (AvgIpc) is 2.86. The molecule has 2 aliphatic heterocycles. The molecule has 0 saturated carbocycles. The quantitative estimate of drug-likeness (QED) is 0.884. The lowest BCUT2D eigenvalue weighted by Crippen LogP contribution is -2.54. The smallest absolute Gasteiger partial charge is 0.236 e. The number of hydrogen-bond donors (Lipinski definition) is 1. The number of amides is 1. The predicted molar refractivity (Wildman–Crippen MR) is 93.3 cm³/mol. The molecule has 0 aromatic carbocycles. The maximum absolute atomic E-state index is 12.6. The van der Waals surface area contributed by atoms with Crippen LogP contribution in [0.1, 0.15) is 25.2 Å². The van der Waals surface area contributed by atoms with E-state index in [2.05, 4.69) is 26.9 Å². The van der Waals surface area contributed by atoms with E-state index in [1.54, 1.807) is 0 Å². The summed E-state index contributed by atoms with van der Waals surface area (Å²) in [4.78, 5) is 19.2. The highest BCUT2D eigenvalue weighted by Gasteiger charge is 2.28. The maximum atomic E-state index is 12.6. The molecule has 7 nitrogen and oxygen atoms in total. The van der Waals surface area contributed by atoms with Crippen LogP contribution in [0.25, 0.3) is 0 Å². The number of nitrogens with one attached hydrogen (secondary N) is 1. The van der Waals surface area contributed by atoms with Crippen molar-refractivity contribution < 1.29 is 9.53 Å². The molecule has 7 heteroatoms. The number of aryl methyl sites for hydroxylation is 2. The van der Waals surface area contributed by atoms with Gasteiger partial charge in [0.25, 0.3) is 0 Å². The van der Waals surface area contributed by atoms with Gasteiger partial charge >= 0.3 is 0 Å². The zero-order valence-electron chi connectivity index (χ0n) is 15.2. The Hall–Kier alpha value is -1.60. The first-order valence-corrected chi connectivity index (χ1v) is 8.86. The van der Waals surface area contributed by atoms with Gasteiger partial charge in [0.15, 0.2) is 0 Å². The van der Waals surface area contributed by atoms with Crippen LogP contribution in [0.5, 0.6) is 0 Å². The molecule has 0 aliphatic carbocycles. The Morgan fingerprint density at radius 2 is 1.79 bits per heavy atom. The maximum Gasteiger partial charge on any atom is 0.236 e. The molecule has 0 spiro atoms. The Morgan fingerprint density at radius 3 is 2.33 bits per heavy atom. The van der Waals surface area contributed by atoms with Gasteiger partial charge in [0.2, 0.25) is 5.91 Å². The minimum atomic E-state index is 0.126. The van der Waals surface area contributed by atoms with Crippen LogP contribution in [-0.2, 0) is 9.53 Å². The number of nitrogens with zero attached hydrogens (tertiary/aromatic N) is 4. The molecule has 0 bridgehead atoms. The van der Waals surface area contributed by atoms with Gasteiger partial charge in [-0.05, 0) is 27.7 Å². The average molecular weight is 335 g/mol. The molecule has 134 valence electrons. The molecule has 3 heterocycles. The van der Waals surface area contributed by atoms with Gasteiger partial charge in [0.05, 0.1) is 35.8 Å². The van der Waals surface area contributed by atoms with Crippen LogP contribution >= 0.6 is 0 Å². The molecule has 0 radical (unpaired) electrons. The van der Waals surface area contributed by atoms with Crippen molar-refractivity contribution in [1.29, 1.82) is 0 Å². The van der Waals surface area contributed by atoms with Crippen molar-refractivity contribution in [3.63, 3.8) is 0 Å². The van der Waals surface area contributed by atoms with E-state index in [0.717, 1.165) is 37.6 Å². The van der Waals surface area contributed by atoms with Gasteiger partial charge in [-0.2, -0.15) is 5.10 Å². The van der Waals surface area contributed by atoms with Crippen LogP contribution in [-0.4, -0.2) is 83.9 Å². The number of piperazine rings is 1. The van der Waals surface area contributed by atoms with E-state index in [1.165, 1.54) is 5.69 Å². The van der Waals surface area contributed by atoms with Crippen LogP contribution < -0.4 is 4.90 Å². The zero-order valence-corrected chi connectivity index (χ0v) is 15.2. The second kappa shape index (κ2) is 7.11. The summed E-state index contributed by atoms with van der Waals surface area (Å²) in [5.41, 5.74) is 3.39. The molecule has 1 amide bonds. The van der Waals surface area contributed by atoms with E-state index >= 15 is 0 Å². The van der Waals surface area contributed by atoms with Crippen molar-refractivity contribution in [2.24, 2.45) is 0 Å². The fraction of sp³-hybridized carbons (Fsp3) is 0.765. The normalized spacial score (nSPS) is 26.0. The number of ether oxygens (including phenoxy) is 1. The van der Waals surface area contributed by atoms with Crippen molar-refractivity contribution in [1.82, 2.24) is 20.0 Å². The number of rotatable bonds is 3. The Bertz CT molecular complexity index is 550. The highest BCUT2D eigenvalue weighted by Crippen LogP contribution is 2.23. The number of anilines is 1. The van der Waals surface area contributed by atoms with Crippen molar-refractivity contribution in [3.8, 4) is 0 Å². The molecule has 2 atom stereocenters. The minimum Gasteiger partial charge on any atom is -0.372 e. The Balaban J connectivity index is 1.51. The molecule has 24 heavy (non-hydrogen) atoms. The molecular weight excluding hydrogens is 306 g/mol. The predicted octanol–water partition coefficient (Wildman–Crippen LogP) is 0.784. The standard InChI is InChI=1S/C17H29N5O2/c1-12-9-22(10-13(2)24-12)16(23)11-20-5-7-21(8-6-20)17-14(3)18-19-15(17)4/h12-13H,5-11H2,1-4H3,(H,18,19). The van der Waals surface area contributed by atoms with Crippen molar-refractivity contribution in [2.75, 3.05) is 50.7 Å². The van der Waals surface area contributed by atoms with Crippen LogP contribution in [0.4, 0.5) is 5.69 Å². The number of H-pyrrole nitrogens is 1. The van der Waals surface area contributed by atoms with Gasteiger partial charge in [0, 0.05) is 39.3 Å². The molecule has 1 aromatic rings. The summed E-state index contributed by atoms with van der Waals surface area (Å²) in [5, 5.41) is 7.33. The van der Waals surface area contributed by atoms with Crippen LogP contribution in [0.3, 0.4) is 0 Å². The lowest BCUT2D eigenvalue weighted by Gasteiger charge is -2.39. The summed E-state index contributed by atoms with van der Waals surface area (Å²) >= 11 is 0. The number of carbonyl (C=O) groups is 1. The summed E-state index contributed by atoms with van der Waals surface area (Å²) in [6, 6.07) is 0. The number of aromatic amines is 1. The van der Waals surface area contributed by atoms with Gasteiger partial charge in [-0.1, -0.05) is 0 Å². The minimum absolute atomic E-state index is 0.126. The van der Waals surface area contributed by atoms with Crippen LogP contribution in [0.15, 0.2) is 0 Å². The van der Waals surface area contributed by atoms with E-state index in [1.807, 2.05) is 25.7 Å². The number of hydrogen-bond acceptors (Lipinski definition) is 5. The molecule has 1 aromatic heterocycles. The van der Waals surface area contributed by atoms with Gasteiger partial charge in [0.1, 0.15) is 0 Å². The summed E-state index contributed by atoms with van der Waals surface area (Å²) < 4.78 is 5.71. The van der Waals surface area contributed by atoms with E-state index in [9.17, 15) is 4.79 Å². The Labute approximate surface area is 143 Å². The van der Waals surface area contributed by atoms with Crippen molar-refractivity contribution in [2.45, 2.75) is 39.9 Å². The van der Waals surface area contributed by atoms with Gasteiger partial charge in [-0.25, -0.2) is 0 Å². The SMILES string of the molecule is Cc1n[nH]c(C)c1N1CCN(CC(=O)N2CC(C)OC(C)C2)CC1. The lowest BCUT2D eigenvalue weighted by atomic mass is 10.2. The highest BCUT2D eigenvalue weighted by molar-refractivity contribution is 5.78. The third kappa shape index (κ3) is 3.72. The molecule has 2 saturated heterocycles. The number of aromatic nitrogens is 2. The van der Waals surface area contributed by atoms with E-state index in [4.69, 9.17) is 4.74 Å². The highest BCUT2D eigenvalue weighted by atomic mass is 16.5.